The highest BCUT2D eigenvalue weighted by Gasteiger charge is 2.34. The predicted molar refractivity (Wildman–Crippen MR) is 532 cm³/mol. The first-order valence-corrected chi connectivity index (χ1v) is 45.4. The summed E-state index contributed by atoms with van der Waals surface area (Å²) >= 11 is 26.0. The Morgan fingerprint density at radius 1 is 0.465 bits per heavy atom. The number of aromatic carboxylic acids is 2. The summed E-state index contributed by atoms with van der Waals surface area (Å²) in [6, 6.07) is 103. The second kappa shape index (κ2) is 44.8. The average Bonchev–Trinajstić information content (AvgIpc) is 1.73. The number of aromatic nitrogens is 4. The largest absolute Gasteiger partial charge is 0.565 e. The van der Waals surface area contributed by atoms with Crippen molar-refractivity contribution in [2.24, 2.45) is 0 Å². The van der Waals surface area contributed by atoms with Crippen molar-refractivity contribution in [3.63, 3.8) is 0 Å². The molecule has 127 heavy (non-hydrogen) atoms. The summed E-state index contributed by atoms with van der Waals surface area (Å²) in [4.78, 5) is 46.6. The maximum absolute atomic E-state index is 11.7. The van der Waals surface area contributed by atoms with E-state index in [1.54, 1.807) is 56.4 Å². The summed E-state index contributed by atoms with van der Waals surface area (Å²) < 4.78 is 26.2. The topological polar surface area (TPSA) is 287 Å². The fourth-order valence-corrected chi connectivity index (χ4v) is 16.5. The highest BCUT2D eigenvalue weighted by atomic mass is 79.9. The Hall–Kier alpha value is -11.5. The number of carboxylic acids is 2. The molecule has 0 radical (unpaired) electrons. The number of benzene rings is 13. The summed E-state index contributed by atoms with van der Waals surface area (Å²) in [6.07, 6.45) is 5.59. The molecule has 0 saturated heterocycles. The van der Waals surface area contributed by atoms with Crippen LogP contribution in [0, 0.1) is 0 Å². The van der Waals surface area contributed by atoms with Crippen molar-refractivity contribution in [2.75, 3.05) is 33.7 Å². The number of halogens is 7. The Morgan fingerprint density at radius 2 is 0.882 bits per heavy atom. The molecule has 1 unspecified atom stereocenters. The van der Waals surface area contributed by atoms with Gasteiger partial charge in [0.25, 0.3) is 0 Å². The number of nitrogens with zero attached hydrogens (tertiary/aromatic N) is 4. The fraction of sp³-hybridized carbons (Fsp3) is 0.101. The number of esters is 1. The minimum Gasteiger partial charge on any atom is -0.565 e. The molecule has 5 heterocycles. The molecule has 0 saturated carbocycles. The van der Waals surface area contributed by atoms with Gasteiger partial charge in [0.15, 0.2) is 0 Å². The van der Waals surface area contributed by atoms with Gasteiger partial charge in [0.05, 0.1) is 62.5 Å². The molecule has 3 aromatic heterocycles. The summed E-state index contributed by atoms with van der Waals surface area (Å²) in [7, 11) is -1.67. The SMILES string of the molecule is Brc1ccc2c3ccccc3n(-c3ccccn3)c2c1.CC(C)(O)c1ccc(Br)cc1Nc1ccccc1.CC1(C)c2ccccc2Nc2cc(-n3cccn3)ccc21.CC1(C)c2ccccc2Nc2cc(Br)ccc21.COC(=O)c1ccc(Br)cc1Nc1ccccc1.O=C(O)c1ccc(Br)cc1Cl.O=C(O)c1ccc(Br)cc1Nc1ccccc1.O=[P+]([O-])OO.[HH]. The molecule has 13 aromatic carbocycles. The summed E-state index contributed by atoms with van der Waals surface area (Å²) in [5, 5.41) is 58.6. The maximum Gasteiger partial charge on any atom is 0.521 e. The Kier molecular flexibility index (Phi) is 33.9. The van der Waals surface area contributed by atoms with Crippen LogP contribution in [0.5, 0.6) is 0 Å². The summed E-state index contributed by atoms with van der Waals surface area (Å²) in [5.74, 6) is -1.38. The number of anilines is 10. The number of para-hydroxylation sites is 6. The van der Waals surface area contributed by atoms with Gasteiger partial charge in [-0.15, -0.1) is 0 Å². The first kappa shape index (κ1) is 96.2. The van der Waals surface area contributed by atoms with E-state index in [1.165, 1.54) is 74.3 Å². The first-order chi connectivity index (χ1) is 60.8. The van der Waals surface area contributed by atoms with Crippen molar-refractivity contribution in [2.45, 2.75) is 58.0 Å². The summed E-state index contributed by atoms with van der Waals surface area (Å²) in [6.45, 7) is 12.7. The van der Waals surface area contributed by atoms with E-state index in [-0.39, 0.29) is 34.4 Å². The van der Waals surface area contributed by atoms with Gasteiger partial charge in [0.2, 0.25) is 0 Å². The zero-order valence-corrected chi connectivity index (χ0v) is 80.4. The molecule has 0 bridgehead atoms. The lowest BCUT2D eigenvalue weighted by Crippen LogP contribution is -2.26. The Bertz CT molecular complexity index is 6530. The second-order valence-electron chi connectivity index (χ2n) is 29.8. The Balaban J connectivity index is 0.000000155. The number of hydrogen-bond acceptors (Lipinski definition) is 16. The van der Waals surface area contributed by atoms with Crippen molar-refractivity contribution in [3.8, 4) is 11.5 Å². The third-order valence-corrected chi connectivity index (χ3v) is 23.4. The lowest BCUT2D eigenvalue weighted by atomic mass is 9.74. The van der Waals surface area contributed by atoms with Gasteiger partial charge in [-0.2, -0.15) is 5.10 Å². The summed E-state index contributed by atoms with van der Waals surface area (Å²) in [5.41, 5.74) is 19.4. The van der Waals surface area contributed by atoms with Crippen LogP contribution in [0.3, 0.4) is 0 Å². The third kappa shape index (κ3) is 25.7. The molecule has 2 aliphatic heterocycles. The van der Waals surface area contributed by atoms with Crippen LogP contribution in [-0.2, 0) is 30.4 Å². The first-order valence-electron chi connectivity index (χ1n) is 39.1. The molecule has 0 fully saturated rings. The predicted octanol–water partition coefficient (Wildman–Crippen LogP) is 28.9. The molecule has 28 heteroatoms. The van der Waals surface area contributed by atoms with Crippen LogP contribution in [-0.4, -0.2) is 64.9 Å². The van der Waals surface area contributed by atoms with Crippen LogP contribution in [0.2, 0.25) is 5.02 Å². The van der Waals surface area contributed by atoms with E-state index in [2.05, 4.69) is 297 Å². The Labute approximate surface area is 793 Å². The highest BCUT2D eigenvalue weighted by molar-refractivity contribution is 9.11. The fourth-order valence-electron chi connectivity index (χ4n) is 14.0. The van der Waals surface area contributed by atoms with E-state index < -0.39 is 25.8 Å². The van der Waals surface area contributed by atoms with Crippen molar-refractivity contribution >= 4 is 212 Å². The quantitative estimate of drug-likeness (QED) is 0.0224. The zero-order valence-electron chi connectivity index (χ0n) is 69.3. The molecule has 9 N–H and O–H groups in total. The lowest BCUT2D eigenvalue weighted by Gasteiger charge is -2.35. The number of ether oxygens (including phenoxy) is 1. The van der Waals surface area contributed by atoms with Crippen LogP contribution < -0.4 is 31.5 Å². The maximum atomic E-state index is 11.7. The number of carboxylic acid groups (broad SMARTS) is 2. The number of carbonyl (C=O) groups is 3. The van der Waals surface area contributed by atoms with Crippen LogP contribution >= 0.6 is 115 Å². The molecule has 20 nitrogen and oxygen atoms in total. The second-order valence-corrected chi connectivity index (χ2v) is 36.3. The van der Waals surface area contributed by atoms with Crippen LogP contribution in [0.15, 0.2) is 361 Å². The van der Waals surface area contributed by atoms with Crippen LogP contribution in [0.25, 0.3) is 33.3 Å². The number of methoxy groups -OCH3 is 1. The van der Waals surface area contributed by atoms with E-state index in [0.717, 1.165) is 72.3 Å². The Morgan fingerprint density at radius 3 is 1.39 bits per heavy atom. The van der Waals surface area contributed by atoms with Gasteiger partial charge in [-0.3, -0.25) is 4.57 Å². The monoisotopic (exact) mass is 2120 g/mol. The molecular weight excluding hydrogens is 2040 g/mol. The molecule has 0 amide bonds. The number of pyridine rings is 1. The average molecular weight is 2120 g/mol. The number of carbonyl (C=O) groups excluding carboxylic acids is 1. The van der Waals surface area contributed by atoms with Gasteiger partial charge in [-0.1, -0.05) is 274 Å². The van der Waals surface area contributed by atoms with Crippen LogP contribution in [0.4, 0.5) is 56.9 Å². The van der Waals surface area contributed by atoms with Gasteiger partial charge in [0, 0.05) is 124 Å². The number of hydrogen-bond donors (Lipinski definition) is 9. The number of nitrogens with one attached hydrogen (secondary N) is 5. The van der Waals surface area contributed by atoms with E-state index in [0.29, 0.717) is 16.9 Å². The van der Waals surface area contributed by atoms with Crippen molar-refractivity contribution in [1.29, 1.82) is 0 Å². The number of rotatable bonds is 13. The van der Waals surface area contributed by atoms with E-state index in [1.807, 2.05) is 163 Å². The normalized spacial score (nSPS) is 12.0. The third-order valence-electron chi connectivity index (χ3n) is 20.0. The van der Waals surface area contributed by atoms with Crippen molar-refractivity contribution in [3.05, 3.63) is 410 Å². The van der Waals surface area contributed by atoms with Crippen LogP contribution in [0.1, 0.15) is 102 Å². The molecule has 1 atom stereocenters. The molecular formula is C99H87Br6ClN9O11P. The zero-order chi connectivity index (χ0) is 91.1. The van der Waals surface area contributed by atoms with Crippen molar-refractivity contribution in [1.82, 2.24) is 19.3 Å². The van der Waals surface area contributed by atoms with E-state index in [9.17, 15) is 19.5 Å². The number of fused-ring (bicyclic) bond motifs is 7. The molecule has 0 spiro atoms. The van der Waals surface area contributed by atoms with Gasteiger partial charge >= 0.3 is 26.2 Å². The standard InChI is InChI=1S/C18H17N3.C17H11BrN2.C15H16BrNO.C15H14BrN.C14H12BrNO2.C13H10BrNO2.C7H4BrClO2.HO4P.H2/c1-18(2)14-6-3-4-7-16(14)20-17-12-13(8-9-15(17)18)21-11-5-10-19-21;18-12-8-9-14-13-5-1-2-6-15(13)20(16(14)11-12)17-7-3-4-10-19-17;1-15(2,18)13-9-8-11(16)10-14(13)17-12-6-4-3-5-7-12;1-15(2)11-5-3-4-6-13(11)17-14-9-10(16)7-8-12(14)15;1-18-14(17)12-8-7-10(15)9-13(12)16-11-5-3-2-4-6-11;14-9-6-7-11(13(16)17)12(8-9)15-10-4-2-1-3-5-10;8-4-1-2-5(7(10)11)6(9)3-4;1-4-5(2)3;/h3-12,20H,1-2H3;1-11H;3-10,17-18H,1-2H3;3-9,17H,1-2H3;2-9,16H,1H3;1-8,15H,(H,16,17);1-3H,(H,10,11);1H;1H. The van der Waals surface area contributed by atoms with Crippen molar-refractivity contribution < 1.29 is 55.3 Å². The molecule has 648 valence electrons. The highest BCUT2D eigenvalue weighted by Crippen LogP contribution is 2.48. The van der Waals surface area contributed by atoms with Gasteiger partial charge in [-0.05, 0) is 217 Å². The molecule has 18 rings (SSSR count). The van der Waals surface area contributed by atoms with E-state index in [4.69, 9.17) is 41.3 Å². The van der Waals surface area contributed by atoms with Gasteiger partial charge in [-0.25, -0.2) is 29.3 Å². The van der Waals surface area contributed by atoms with Gasteiger partial charge in [0.1, 0.15) is 5.82 Å². The molecule has 0 aliphatic carbocycles. The minimum atomic E-state index is -3.04. The minimum absolute atomic E-state index is 0. The lowest BCUT2D eigenvalue weighted by molar-refractivity contribution is -0.244. The molecule has 2 aliphatic rings. The smallest absolute Gasteiger partial charge is 0.521 e. The number of aliphatic hydroxyl groups is 1. The molecule has 16 aromatic rings. The van der Waals surface area contributed by atoms with Gasteiger partial charge < -0.3 is 51.5 Å². The van der Waals surface area contributed by atoms with E-state index >= 15 is 0 Å².